The quantitative estimate of drug-likeness (QED) is 0.859. The molecule has 0 aliphatic heterocycles. The van der Waals surface area contributed by atoms with Gasteiger partial charge in [0.15, 0.2) is 0 Å². The van der Waals surface area contributed by atoms with E-state index < -0.39 is 6.04 Å². The van der Waals surface area contributed by atoms with E-state index in [1.54, 1.807) is 10.7 Å². The zero-order chi connectivity index (χ0) is 17.8. The molecule has 1 unspecified atom stereocenters. The van der Waals surface area contributed by atoms with Gasteiger partial charge < -0.3 is 10.6 Å². The minimum absolute atomic E-state index is 0.170. The Morgan fingerprint density at radius 2 is 2.04 bits per heavy atom. The Morgan fingerprint density at radius 1 is 1.28 bits per heavy atom. The van der Waals surface area contributed by atoms with E-state index in [1.807, 2.05) is 19.1 Å². The highest BCUT2D eigenvalue weighted by molar-refractivity contribution is 5.97. The topological polar surface area (TPSA) is 102 Å². The second-order valence-corrected chi connectivity index (χ2v) is 6.47. The number of hydrogen-bond acceptors (Lipinski definition) is 5. The van der Waals surface area contributed by atoms with Crippen LogP contribution in [-0.4, -0.2) is 38.1 Å². The summed E-state index contributed by atoms with van der Waals surface area (Å²) in [6.45, 7) is 3.37. The Hall–Kier alpha value is -2.77. The van der Waals surface area contributed by atoms with Gasteiger partial charge in [-0.15, -0.1) is 5.10 Å². The zero-order valence-corrected chi connectivity index (χ0v) is 14.4. The van der Waals surface area contributed by atoms with Crippen LogP contribution in [0.3, 0.4) is 0 Å². The molecule has 8 nitrogen and oxygen atoms in total. The maximum absolute atomic E-state index is 12.7. The molecule has 0 spiro atoms. The molecule has 1 atom stereocenters. The van der Waals surface area contributed by atoms with Crippen molar-refractivity contribution in [3.05, 3.63) is 30.1 Å². The molecule has 132 valence electrons. The number of nitrogens with zero attached hydrogens (tertiary/aromatic N) is 4. The van der Waals surface area contributed by atoms with Crippen LogP contribution < -0.4 is 10.6 Å². The first-order valence-electron chi connectivity index (χ1n) is 8.46. The van der Waals surface area contributed by atoms with Gasteiger partial charge in [0.1, 0.15) is 12.4 Å². The molecule has 0 radical (unpaired) electrons. The first-order valence-corrected chi connectivity index (χ1v) is 8.46. The Bertz CT molecular complexity index is 753. The number of carbonyl (C=O) groups is 2. The molecule has 0 bridgehead atoms. The molecule has 2 amide bonds. The summed E-state index contributed by atoms with van der Waals surface area (Å²) in [5.41, 5.74) is 2.46. The fraction of sp³-hybridized carbons (Fsp3) is 0.471. The molecule has 1 heterocycles. The normalized spacial score (nSPS) is 15.8. The van der Waals surface area contributed by atoms with Crippen LogP contribution in [0.15, 0.2) is 24.5 Å². The van der Waals surface area contributed by atoms with Crippen molar-refractivity contribution in [1.29, 1.82) is 0 Å². The van der Waals surface area contributed by atoms with Crippen LogP contribution in [0.25, 0.3) is 5.69 Å². The van der Waals surface area contributed by atoms with Gasteiger partial charge in [0, 0.05) is 12.6 Å². The van der Waals surface area contributed by atoms with Crippen LogP contribution in [-0.2, 0) is 9.59 Å². The lowest BCUT2D eigenvalue weighted by molar-refractivity contribution is -0.126. The van der Waals surface area contributed by atoms with Crippen LogP contribution in [0.2, 0.25) is 0 Å². The summed E-state index contributed by atoms with van der Waals surface area (Å²) in [5.74, 6) is -0.153. The van der Waals surface area contributed by atoms with Crippen molar-refractivity contribution in [2.24, 2.45) is 5.92 Å². The van der Waals surface area contributed by atoms with Gasteiger partial charge in [0.25, 0.3) is 0 Å². The standard InChI is InChI=1S/C17H22N6O2/c1-11-9-14(7-8-15(11)23-10-18-21-22-23)20-17(25)16(19-12(2)24)13-5-3-4-6-13/h7-10,13,16H,3-6H2,1-2H3,(H,19,24)(H,20,25). The number of anilines is 1. The van der Waals surface area contributed by atoms with E-state index in [2.05, 4.69) is 26.2 Å². The van der Waals surface area contributed by atoms with Crippen molar-refractivity contribution in [1.82, 2.24) is 25.5 Å². The molecule has 1 aliphatic carbocycles. The van der Waals surface area contributed by atoms with Gasteiger partial charge in [-0.05, 0) is 59.9 Å². The number of rotatable bonds is 5. The van der Waals surface area contributed by atoms with E-state index in [4.69, 9.17) is 0 Å². The van der Waals surface area contributed by atoms with Crippen molar-refractivity contribution in [2.75, 3.05) is 5.32 Å². The molecule has 1 aliphatic rings. The highest BCUT2D eigenvalue weighted by Crippen LogP contribution is 2.28. The number of nitrogens with one attached hydrogen (secondary N) is 2. The lowest BCUT2D eigenvalue weighted by Crippen LogP contribution is -2.47. The number of aryl methyl sites for hydroxylation is 1. The molecule has 25 heavy (non-hydrogen) atoms. The Labute approximate surface area is 146 Å². The van der Waals surface area contributed by atoms with Gasteiger partial charge in [-0.1, -0.05) is 12.8 Å². The summed E-state index contributed by atoms with van der Waals surface area (Å²) in [4.78, 5) is 24.2. The largest absolute Gasteiger partial charge is 0.344 e. The molecule has 3 rings (SSSR count). The molecule has 8 heteroatoms. The van der Waals surface area contributed by atoms with E-state index in [0.717, 1.165) is 36.9 Å². The number of hydrogen-bond donors (Lipinski definition) is 2. The molecular formula is C17H22N6O2. The smallest absolute Gasteiger partial charge is 0.247 e. The molecule has 1 aromatic heterocycles. The number of tetrazole rings is 1. The molecule has 0 saturated heterocycles. The molecule has 1 fully saturated rings. The lowest BCUT2D eigenvalue weighted by atomic mass is 9.97. The molecule has 2 N–H and O–H groups in total. The van der Waals surface area contributed by atoms with Crippen molar-refractivity contribution in [3.8, 4) is 5.69 Å². The van der Waals surface area contributed by atoms with Crippen molar-refractivity contribution in [2.45, 2.75) is 45.6 Å². The first-order chi connectivity index (χ1) is 12.0. The van der Waals surface area contributed by atoms with E-state index >= 15 is 0 Å². The predicted molar refractivity (Wildman–Crippen MR) is 92.1 cm³/mol. The second kappa shape index (κ2) is 7.42. The van der Waals surface area contributed by atoms with E-state index in [9.17, 15) is 9.59 Å². The molecule has 1 aromatic carbocycles. The van der Waals surface area contributed by atoms with Crippen LogP contribution in [0.1, 0.15) is 38.2 Å². The number of carbonyl (C=O) groups excluding carboxylic acids is 2. The third kappa shape index (κ3) is 4.01. The van der Waals surface area contributed by atoms with Gasteiger partial charge in [-0.25, -0.2) is 4.68 Å². The highest BCUT2D eigenvalue weighted by Gasteiger charge is 2.31. The summed E-state index contributed by atoms with van der Waals surface area (Å²) >= 11 is 0. The van der Waals surface area contributed by atoms with E-state index in [-0.39, 0.29) is 17.7 Å². The Balaban J connectivity index is 1.74. The monoisotopic (exact) mass is 342 g/mol. The fourth-order valence-corrected chi connectivity index (χ4v) is 3.39. The van der Waals surface area contributed by atoms with Crippen molar-refractivity contribution >= 4 is 17.5 Å². The third-order valence-corrected chi connectivity index (χ3v) is 4.57. The fourth-order valence-electron chi connectivity index (χ4n) is 3.39. The minimum atomic E-state index is -0.487. The lowest BCUT2D eigenvalue weighted by Gasteiger charge is -2.23. The summed E-state index contributed by atoms with van der Waals surface area (Å²) in [7, 11) is 0. The van der Waals surface area contributed by atoms with Gasteiger partial charge in [-0.3, -0.25) is 9.59 Å². The molecule has 2 aromatic rings. The maximum atomic E-state index is 12.7. The van der Waals surface area contributed by atoms with Crippen LogP contribution in [0.4, 0.5) is 5.69 Å². The predicted octanol–water partition coefficient (Wildman–Crippen LogP) is 1.60. The summed E-state index contributed by atoms with van der Waals surface area (Å²) < 4.78 is 1.57. The average Bonchev–Trinajstić information content (AvgIpc) is 3.26. The number of aromatic nitrogens is 4. The van der Waals surface area contributed by atoms with Gasteiger partial charge in [0.05, 0.1) is 5.69 Å². The minimum Gasteiger partial charge on any atom is -0.344 e. The molecule has 1 saturated carbocycles. The van der Waals surface area contributed by atoms with Gasteiger partial charge in [0.2, 0.25) is 11.8 Å². The van der Waals surface area contributed by atoms with E-state index in [0.29, 0.717) is 5.69 Å². The SMILES string of the molecule is CC(=O)NC(C(=O)Nc1ccc(-n2cnnn2)c(C)c1)C1CCCC1. The third-order valence-electron chi connectivity index (χ3n) is 4.57. The average molecular weight is 342 g/mol. The van der Waals surface area contributed by atoms with Crippen LogP contribution in [0.5, 0.6) is 0 Å². The van der Waals surface area contributed by atoms with Gasteiger partial charge >= 0.3 is 0 Å². The Kier molecular flexibility index (Phi) is 5.06. The summed E-state index contributed by atoms with van der Waals surface area (Å²) in [6.07, 6.45) is 5.67. The molecular weight excluding hydrogens is 320 g/mol. The number of benzene rings is 1. The van der Waals surface area contributed by atoms with E-state index in [1.165, 1.54) is 13.3 Å². The maximum Gasteiger partial charge on any atom is 0.247 e. The van der Waals surface area contributed by atoms with Crippen LogP contribution >= 0.6 is 0 Å². The number of amides is 2. The summed E-state index contributed by atoms with van der Waals surface area (Å²) in [5, 5.41) is 16.9. The van der Waals surface area contributed by atoms with Crippen molar-refractivity contribution < 1.29 is 9.59 Å². The second-order valence-electron chi connectivity index (χ2n) is 6.47. The zero-order valence-electron chi connectivity index (χ0n) is 14.4. The summed E-state index contributed by atoms with van der Waals surface area (Å²) in [6, 6.07) is 5.04. The van der Waals surface area contributed by atoms with Gasteiger partial charge in [-0.2, -0.15) is 0 Å². The van der Waals surface area contributed by atoms with Crippen molar-refractivity contribution in [3.63, 3.8) is 0 Å². The highest BCUT2D eigenvalue weighted by atomic mass is 16.2. The first kappa shape index (κ1) is 17.1. The van der Waals surface area contributed by atoms with Crippen LogP contribution in [0, 0.1) is 12.8 Å². The Morgan fingerprint density at radius 3 is 2.64 bits per heavy atom.